The van der Waals surface area contributed by atoms with Crippen molar-refractivity contribution in [2.24, 2.45) is 0 Å². The molecule has 0 radical (unpaired) electrons. The summed E-state index contributed by atoms with van der Waals surface area (Å²) in [5.74, 6) is -0.866. The number of fused-ring (bicyclic) bond motifs is 1. The molecule has 3 aromatic rings. The summed E-state index contributed by atoms with van der Waals surface area (Å²) < 4.78 is 14.7. The van der Waals surface area contributed by atoms with E-state index in [1.54, 1.807) is 50.2 Å². The molecule has 156 valence electrons. The van der Waals surface area contributed by atoms with Crippen LogP contribution in [0, 0.1) is 5.82 Å². The largest absolute Gasteiger partial charge is 0.338 e. The van der Waals surface area contributed by atoms with Crippen molar-refractivity contribution < 1.29 is 14.0 Å². The lowest BCUT2D eigenvalue weighted by atomic mass is 10.2. The topological polar surface area (TPSA) is 93.1 Å². The lowest BCUT2D eigenvalue weighted by Gasteiger charge is -2.16. The van der Waals surface area contributed by atoms with Crippen LogP contribution in [0.4, 0.5) is 9.18 Å². The Morgan fingerprint density at radius 3 is 2.57 bits per heavy atom. The highest BCUT2D eigenvalue weighted by Gasteiger charge is 2.21. The molecule has 30 heavy (non-hydrogen) atoms. The third kappa shape index (κ3) is 5.04. The van der Waals surface area contributed by atoms with Crippen LogP contribution in [0.15, 0.2) is 58.5 Å². The number of hydrogen-bond donors (Lipinski definition) is 2. The highest BCUT2D eigenvalue weighted by Crippen LogP contribution is 2.23. The van der Waals surface area contributed by atoms with Gasteiger partial charge in [-0.05, 0) is 43.7 Å². The molecule has 0 bridgehead atoms. The zero-order valence-corrected chi connectivity index (χ0v) is 17.3. The number of thioether (sulfide) groups is 1. The Hall–Kier alpha value is -3.20. The monoisotopic (exact) mass is 428 g/mol. The van der Waals surface area contributed by atoms with Crippen LogP contribution in [0.2, 0.25) is 0 Å². The summed E-state index contributed by atoms with van der Waals surface area (Å²) in [5.41, 5.74) is 0.970. The zero-order chi connectivity index (χ0) is 21.7. The molecule has 0 aliphatic carbocycles. The van der Waals surface area contributed by atoms with Gasteiger partial charge in [-0.25, -0.2) is 14.2 Å². The van der Waals surface area contributed by atoms with Crippen LogP contribution >= 0.6 is 11.8 Å². The Balaban J connectivity index is 1.95. The van der Waals surface area contributed by atoms with Crippen molar-refractivity contribution in [2.45, 2.75) is 30.8 Å². The van der Waals surface area contributed by atoms with Gasteiger partial charge in [0.15, 0.2) is 5.16 Å². The van der Waals surface area contributed by atoms with Gasteiger partial charge in [0.05, 0.1) is 22.7 Å². The summed E-state index contributed by atoms with van der Waals surface area (Å²) in [6, 6.07) is 12.2. The van der Waals surface area contributed by atoms with E-state index in [9.17, 15) is 18.8 Å². The van der Waals surface area contributed by atoms with Crippen LogP contribution in [0.5, 0.6) is 0 Å². The number of aromatic nitrogens is 2. The van der Waals surface area contributed by atoms with Gasteiger partial charge in [0, 0.05) is 6.54 Å². The van der Waals surface area contributed by atoms with Gasteiger partial charge in [-0.3, -0.25) is 19.5 Å². The summed E-state index contributed by atoms with van der Waals surface area (Å²) >= 11 is 1.08. The fourth-order valence-electron chi connectivity index (χ4n) is 2.78. The minimum absolute atomic E-state index is 0.171. The van der Waals surface area contributed by atoms with Crippen LogP contribution in [0.25, 0.3) is 10.9 Å². The first-order chi connectivity index (χ1) is 14.4. The number of imide groups is 1. The van der Waals surface area contributed by atoms with Gasteiger partial charge < -0.3 is 5.32 Å². The molecule has 1 heterocycles. The number of benzene rings is 2. The normalized spacial score (nSPS) is 11.8. The van der Waals surface area contributed by atoms with E-state index in [0.717, 1.165) is 17.3 Å². The molecule has 0 saturated heterocycles. The van der Waals surface area contributed by atoms with Gasteiger partial charge in [0.2, 0.25) is 5.91 Å². The van der Waals surface area contributed by atoms with Crippen molar-refractivity contribution in [1.82, 2.24) is 20.2 Å². The van der Waals surface area contributed by atoms with Gasteiger partial charge in [-0.2, -0.15) is 0 Å². The van der Waals surface area contributed by atoms with Crippen molar-refractivity contribution in [3.8, 4) is 0 Å². The van der Waals surface area contributed by atoms with E-state index in [4.69, 9.17) is 0 Å². The van der Waals surface area contributed by atoms with Crippen LogP contribution in [0.1, 0.15) is 19.4 Å². The third-order valence-corrected chi connectivity index (χ3v) is 5.40. The highest BCUT2D eigenvalue weighted by atomic mass is 32.2. The number of carbonyl (C=O) groups excluding carboxylic acids is 2. The molecule has 7 nitrogen and oxygen atoms in total. The van der Waals surface area contributed by atoms with E-state index in [1.165, 1.54) is 16.7 Å². The SMILES string of the molecule is CCNC(=O)NC(=O)[C@H](C)Sc1nc2ccccc2c(=O)n1Cc1ccc(F)cc1. The first-order valence-electron chi connectivity index (χ1n) is 9.38. The molecule has 0 fully saturated rings. The Bertz CT molecular complexity index is 1130. The molecule has 9 heteroatoms. The molecule has 1 atom stereocenters. The first-order valence-corrected chi connectivity index (χ1v) is 10.3. The molecule has 0 aliphatic rings. The molecule has 0 aliphatic heterocycles. The number of nitrogens with zero attached hydrogens (tertiary/aromatic N) is 2. The number of urea groups is 1. The summed E-state index contributed by atoms with van der Waals surface area (Å²) in [7, 11) is 0. The molecular formula is C21H21FN4O3S. The van der Waals surface area contributed by atoms with Crippen LogP contribution < -0.4 is 16.2 Å². The minimum Gasteiger partial charge on any atom is -0.338 e. The smallest absolute Gasteiger partial charge is 0.321 e. The molecule has 0 unspecified atom stereocenters. The molecule has 0 saturated carbocycles. The Kier molecular flexibility index (Phi) is 6.83. The molecular weight excluding hydrogens is 407 g/mol. The number of halogens is 1. The summed E-state index contributed by atoms with van der Waals surface area (Å²) in [4.78, 5) is 41.6. The summed E-state index contributed by atoms with van der Waals surface area (Å²) in [5, 5.41) is 4.86. The number of nitrogens with one attached hydrogen (secondary N) is 2. The number of hydrogen-bond acceptors (Lipinski definition) is 5. The number of carbonyl (C=O) groups is 2. The van der Waals surface area contributed by atoms with E-state index in [2.05, 4.69) is 15.6 Å². The second-order valence-corrected chi connectivity index (χ2v) is 7.85. The molecule has 3 amide bonds. The highest BCUT2D eigenvalue weighted by molar-refractivity contribution is 8.00. The second-order valence-electron chi connectivity index (χ2n) is 6.54. The van der Waals surface area contributed by atoms with Crippen molar-refractivity contribution in [3.05, 3.63) is 70.3 Å². The van der Waals surface area contributed by atoms with Gasteiger partial charge in [0.25, 0.3) is 5.56 Å². The predicted molar refractivity (Wildman–Crippen MR) is 114 cm³/mol. The Morgan fingerprint density at radius 2 is 1.87 bits per heavy atom. The number of rotatable bonds is 6. The molecule has 0 spiro atoms. The van der Waals surface area contributed by atoms with E-state index in [1.807, 2.05) is 0 Å². The molecule has 3 rings (SSSR count). The van der Waals surface area contributed by atoms with Crippen LogP contribution in [0.3, 0.4) is 0 Å². The fraction of sp³-hybridized carbons (Fsp3) is 0.238. The zero-order valence-electron chi connectivity index (χ0n) is 16.5. The standard InChI is InChI=1S/C21H21FN4O3S/c1-3-23-20(29)25-18(27)13(2)30-21-24-17-7-5-4-6-16(17)19(28)26(21)12-14-8-10-15(22)11-9-14/h4-11,13H,3,12H2,1-2H3,(H2,23,25,27,29)/t13-/m0/s1. The molecule has 2 N–H and O–H groups in total. The van der Waals surface area contributed by atoms with Gasteiger partial charge in [0.1, 0.15) is 5.82 Å². The quantitative estimate of drug-likeness (QED) is 0.465. The maximum atomic E-state index is 13.3. The average molecular weight is 428 g/mol. The van der Waals surface area contributed by atoms with Crippen molar-refractivity contribution in [2.75, 3.05) is 6.54 Å². The summed E-state index contributed by atoms with van der Waals surface area (Å²) in [6.45, 7) is 3.94. The van der Waals surface area contributed by atoms with Gasteiger partial charge in [-0.15, -0.1) is 0 Å². The van der Waals surface area contributed by atoms with Crippen molar-refractivity contribution in [1.29, 1.82) is 0 Å². The lowest BCUT2D eigenvalue weighted by molar-refractivity contribution is -0.119. The van der Waals surface area contributed by atoms with Gasteiger partial charge >= 0.3 is 6.03 Å². The maximum absolute atomic E-state index is 13.3. The molecule has 1 aromatic heterocycles. The van der Waals surface area contributed by atoms with Crippen LogP contribution in [-0.2, 0) is 11.3 Å². The third-order valence-electron chi connectivity index (χ3n) is 4.31. The van der Waals surface area contributed by atoms with Crippen LogP contribution in [-0.4, -0.2) is 33.3 Å². The first kappa shape index (κ1) is 21.5. The summed E-state index contributed by atoms with van der Waals surface area (Å²) in [6.07, 6.45) is 0. The number of para-hydroxylation sites is 1. The van der Waals surface area contributed by atoms with Gasteiger partial charge in [-0.1, -0.05) is 36.0 Å². The fourth-order valence-corrected chi connectivity index (χ4v) is 3.69. The lowest BCUT2D eigenvalue weighted by Crippen LogP contribution is -2.42. The maximum Gasteiger partial charge on any atom is 0.321 e. The van der Waals surface area contributed by atoms with Crippen molar-refractivity contribution >= 4 is 34.6 Å². The molecule has 2 aromatic carbocycles. The minimum atomic E-state index is -0.680. The van der Waals surface area contributed by atoms with E-state index in [-0.39, 0.29) is 17.9 Å². The average Bonchev–Trinajstić information content (AvgIpc) is 2.72. The number of amides is 3. The van der Waals surface area contributed by atoms with E-state index >= 15 is 0 Å². The Labute approximate surface area is 176 Å². The van der Waals surface area contributed by atoms with E-state index in [0.29, 0.717) is 22.6 Å². The Morgan fingerprint density at radius 1 is 1.17 bits per heavy atom. The second kappa shape index (κ2) is 9.53. The van der Waals surface area contributed by atoms with E-state index < -0.39 is 17.2 Å². The predicted octanol–water partition coefficient (Wildman–Crippen LogP) is 2.91. The van der Waals surface area contributed by atoms with Crippen molar-refractivity contribution in [3.63, 3.8) is 0 Å².